The molecular weight excluding hydrogens is 206 g/mol. The largest absolute Gasteiger partial charge is 0.480 e. The Morgan fingerprint density at radius 3 is 2.38 bits per heavy atom. The zero-order valence-corrected chi connectivity index (χ0v) is 10.0. The molecule has 1 amide bonds. The first-order valence-corrected chi connectivity index (χ1v) is 6.09. The van der Waals surface area contributed by atoms with Crippen LogP contribution < -0.4 is 5.32 Å². The van der Waals surface area contributed by atoms with Gasteiger partial charge in [0, 0.05) is 5.92 Å². The zero-order chi connectivity index (χ0) is 12.1. The van der Waals surface area contributed by atoms with Crippen molar-refractivity contribution in [3.8, 4) is 0 Å². The summed E-state index contributed by atoms with van der Waals surface area (Å²) in [6.45, 7) is 3.79. The Morgan fingerprint density at radius 1 is 1.38 bits per heavy atom. The van der Waals surface area contributed by atoms with Crippen molar-refractivity contribution in [2.45, 2.75) is 52.0 Å². The van der Waals surface area contributed by atoms with Gasteiger partial charge in [0.25, 0.3) is 0 Å². The van der Waals surface area contributed by atoms with E-state index in [0.29, 0.717) is 0 Å². The van der Waals surface area contributed by atoms with E-state index in [4.69, 9.17) is 5.11 Å². The van der Waals surface area contributed by atoms with Crippen LogP contribution in [-0.2, 0) is 9.59 Å². The molecule has 2 atom stereocenters. The second-order valence-corrected chi connectivity index (χ2v) is 4.69. The lowest BCUT2D eigenvalue weighted by Crippen LogP contribution is -2.46. The highest BCUT2D eigenvalue weighted by Gasteiger charge is 2.29. The number of carboxylic acid groups (broad SMARTS) is 1. The van der Waals surface area contributed by atoms with Gasteiger partial charge in [-0.2, -0.15) is 0 Å². The quantitative estimate of drug-likeness (QED) is 0.752. The van der Waals surface area contributed by atoms with E-state index in [0.717, 1.165) is 32.1 Å². The van der Waals surface area contributed by atoms with Crippen molar-refractivity contribution < 1.29 is 14.7 Å². The van der Waals surface area contributed by atoms with Gasteiger partial charge in [-0.25, -0.2) is 4.79 Å². The SMILES string of the molecule is CC[C@H](C)C(NC(=O)C1CCCC1)C(=O)O. The lowest BCUT2D eigenvalue weighted by atomic mass is 9.98. The molecule has 0 aromatic heterocycles. The third kappa shape index (κ3) is 3.22. The first kappa shape index (κ1) is 13.0. The molecule has 92 valence electrons. The van der Waals surface area contributed by atoms with E-state index in [-0.39, 0.29) is 17.7 Å². The number of aliphatic carboxylic acids is 1. The summed E-state index contributed by atoms with van der Waals surface area (Å²) in [4.78, 5) is 22.8. The van der Waals surface area contributed by atoms with Crippen LogP contribution in [0.2, 0.25) is 0 Å². The molecule has 1 unspecified atom stereocenters. The molecule has 4 nitrogen and oxygen atoms in total. The highest BCUT2D eigenvalue weighted by Crippen LogP contribution is 2.25. The van der Waals surface area contributed by atoms with Crippen molar-refractivity contribution in [1.82, 2.24) is 5.32 Å². The molecule has 1 saturated carbocycles. The van der Waals surface area contributed by atoms with E-state index in [2.05, 4.69) is 5.32 Å². The molecule has 0 aliphatic heterocycles. The van der Waals surface area contributed by atoms with Crippen LogP contribution in [0.4, 0.5) is 0 Å². The summed E-state index contributed by atoms with van der Waals surface area (Å²) < 4.78 is 0. The molecule has 0 saturated heterocycles. The second-order valence-electron chi connectivity index (χ2n) is 4.69. The molecule has 1 fully saturated rings. The summed E-state index contributed by atoms with van der Waals surface area (Å²) in [5, 5.41) is 11.7. The molecule has 0 bridgehead atoms. The highest BCUT2D eigenvalue weighted by molar-refractivity contribution is 5.85. The van der Waals surface area contributed by atoms with Gasteiger partial charge in [0.2, 0.25) is 5.91 Å². The van der Waals surface area contributed by atoms with Crippen LogP contribution in [-0.4, -0.2) is 23.0 Å². The molecule has 16 heavy (non-hydrogen) atoms. The van der Waals surface area contributed by atoms with E-state index in [9.17, 15) is 9.59 Å². The van der Waals surface area contributed by atoms with Crippen molar-refractivity contribution in [1.29, 1.82) is 0 Å². The normalized spacial score (nSPS) is 20.4. The van der Waals surface area contributed by atoms with Crippen LogP contribution in [0, 0.1) is 11.8 Å². The fourth-order valence-corrected chi connectivity index (χ4v) is 2.14. The lowest BCUT2D eigenvalue weighted by Gasteiger charge is -2.21. The molecule has 0 aromatic carbocycles. The van der Waals surface area contributed by atoms with Gasteiger partial charge in [0.15, 0.2) is 0 Å². The van der Waals surface area contributed by atoms with Crippen molar-refractivity contribution in [3.63, 3.8) is 0 Å². The number of hydrogen-bond acceptors (Lipinski definition) is 2. The summed E-state index contributed by atoms with van der Waals surface area (Å²) in [7, 11) is 0. The minimum absolute atomic E-state index is 0.0251. The number of amides is 1. The first-order chi connectivity index (χ1) is 7.56. The third-order valence-corrected chi connectivity index (χ3v) is 3.50. The second kappa shape index (κ2) is 5.87. The molecule has 1 aliphatic rings. The van der Waals surface area contributed by atoms with Crippen LogP contribution in [0.15, 0.2) is 0 Å². The number of carbonyl (C=O) groups excluding carboxylic acids is 1. The maximum Gasteiger partial charge on any atom is 0.326 e. The number of rotatable bonds is 5. The van der Waals surface area contributed by atoms with Crippen LogP contribution in [0.3, 0.4) is 0 Å². The fraction of sp³-hybridized carbons (Fsp3) is 0.833. The Labute approximate surface area is 96.4 Å². The summed E-state index contributed by atoms with van der Waals surface area (Å²) in [5.41, 5.74) is 0. The predicted octanol–water partition coefficient (Wildman–Crippen LogP) is 1.79. The maximum absolute atomic E-state index is 11.8. The van der Waals surface area contributed by atoms with Crippen molar-refractivity contribution in [2.24, 2.45) is 11.8 Å². The molecule has 2 N–H and O–H groups in total. The Balaban J connectivity index is 2.53. The van der Waals surface area contributed by atoms with E-state index in [1.54, 1.807) is 0 Å². The lowest BCUT2D eigenvalue weighted by molar-refractivity contribution is -0.144. The van der Waals surface area contributed by atoms with Gasteiger partial charge < -0.3 is 10.4 Å². The zero-order valence-electron chi connectivity index (χ0n) is 10.0. The van der Waals surface area contributed by atoms with Crippen LogP contribution >= 0.6 is 0 Å². The molecule has 1 aliphatic carbocycles. The van der Waals surface area contributed by atoms with Crippen LogP contribution in [0.1, 0.15) is 46.0 Å². The van der Waals surface area contributed by atoms with Gasteiger partial charge in [0.1, 0.15) is 6.04 Å². The number of nitrogens with one attached hydrogen (secondary N) is 1. The van der Waals surface area contributed by atoms with Crippen molar-refractivity contribution in [2.75, 3.05) is 0 Å². The van der Waals surface area contributed by atoms with Crippen LogP contribution in [0.25, 0.3) is 0 Å². The Kier molecular flexibility index (Phi) is 4.77. The minimum Gasteiger partial charge on any atom is -0.480 e. The van der Waals surface area contributed by atoms with E-state index in [1.165, 1.54) is 0 Å². The summed E-state index contributed by atoms with van der Waals surface area (Å²) in [6.07, 6.45) is 4.72. The van der Waals surface area contributed by atoms with E-state index < -0.39 is 12.0 Å². The van der Waals surface area contributed by atoms with Gasteiger partial charge >= 0.3 is 5.97 Å². The molecule has 0 radical (unpaired) electrons. The Hall–Kier alpha value is -1.06. The van der Waals surface area contributed by atoms with E-state index >= 15 is 0 Å². The third-order valence-electron chi connectivity index (χ3n) is 3.50. The standard InChI is InChI=1S/C12H21NO3/c1-3-8(2)10(12(15)16)13-11(14)9-6-4-5-7-9/h8-10H,3-7H2,1-2H3,(H,13,14)(H,15,16)/t8-,10?/m0/s1. The summed E-state index contributed by atoms with van der Waals surface area (Å²) in [5.74, 6) is -1.00. The average Bonchev–Trinajstić information content (AvgIpc) is 2.77. The summed E-state index contributed by atoms with van der Waals surface area (Å²) >= 11 is 0. The molecule has 0 heterocycles. The van der Waals surface area contributed by atoms with Crippen LogP contribution in [0.5, 0.6) is 0 Å². The van der Waals surface area contributed by atoms with Crippen molar-refractivity contribution >= 4 is 11.9 Å². The first-order valence-electron chi connectivity index (χ1n) is 6.09. The number of carbonyl (C=O) groups is 2. The molecular formula is C12H21NO3. The molecule has 4 heteroatoms. The Bertz CT molecular complexity index is 259. The smallest absolute Gasteiger partial charge is 0.326 e. The van der Waals surface area contributed by atoms with Gasteiger partial charge in [-0.3, -0.25) is 4.79 Å². The molecule has 1 rings (SSSR count). The van der Waals surface area contributed by atoms with Gasteiger partial charge in [-0.15, -0.1) is 0 Å². The van der Waals surface area contributed by atoms with Gasteiger partial charge in [-0.05, 0) is 18.8 Å². The number of hydrogen-bond donors (Lipinski definition) is 2. The number of carboxylic acids is 1. The highest BCUT2D eigenvalue weighted by atomic mass is 16.4. The monoisotopic (exact) mass is 227 g/mol. The molecule has 0 aromatic rings. The topological polar surface area (TPSA) is 66.4 Å². The Morgan fingerprint density at radius 2 is 1.94 bits per heavy atom. The predicted molar refractivity (Wildman–Crippen MR) is 61.0 cm³/mol. The van der Waals surface area contributed by atoms with Crippen molar-refractivity contribution in [3.05, 3.63) is 0 Å². The van der Waals surface area contributed by atoms with E-state index in [1.807, 2.05) is 13.8 Å². The summed E-state index contributed by atoms with van der Waals surface area (Å²) in [6, 6.07) is -0.738. The average molecular weight is 227 g/mol. The molecule has 0 spiro atoms. The maximum atomic E-state index is 11.8. The fourth-order valence-electron chi connectivity index (χ4n) is 2.14. The van der Waals surface area contributed by atoms with Gasteiger partial charge in [0.05, 0.1) is 0 Å². The minimum atomic E-state index is -0.930. The van der Waals surface area contributed by atoms with Gasteiger partial charge in [-0.1, -0.05) is 33.1 Å².